The summed E-state index contributed by atoms with van der Waals surface area (Å²) in [4.78, 5) is 25.6. The van der Waals surface area contributed by atoms with Gasteiger partial charge in [-0.05, 0) is 49.7 Å². The molecule has 0 bridgehead atoms. The quantitative estimate of drug-likeness (QED) is 0.704. The highest BCUT2D eigenvalue weighted by atomic mass is 16.5. The Balaban J connectivity index is 1.80. The molecule has 0 radical (unpaired) electrons. The van der Waals surface area contributed by atoms with Gasteiger partial charge in [0.1, 0.15) is 11.6 Å². The summed E-state index contributed by atoms with van der Waals surface area (Å²) in [6.07, 6.45) is 0.109. The number of hydrogen-bond donors (Lipinski definition) is 1. The van der Waals surface area contributed by atoms with Crippen molar-refractivity contribution in [3.8, 4) is 11.4 Å². The van der Waals surface area contributed by atoms with Crippen LogP contribution in [0.4, 0.5) is 5.82 Å². The Bertz CT molecular complexity index is 1070. The molecule has 2 aromatic carbocycles. The van der Waals surface area contributed by atoms with Crippen LogP contribution < -0.4 is 10.1 Å². The van der Waals surface area contributed by atoms with E-state index in [0.717, 1.165) is 22.5 Å². The van der Waals surface area contributed by atoms with Crippen LogP contribution in [-0.2, 0) is 4.79 Å². The van der Waals surface area contributed by atoms with Gasteiger partial charge < -0.3 is 10.1 Å². The second kappa shape index (κ2) is 6.96. The maximum Gasteiger partial charge on any atom is 0.226 e. The van der Waals surface area contributed by atoms with Gasteiger partial charge in [-0.1, -0.05) is 18.2 Å². The van der Waals surface area contributed by atoms with Gasteiger partial charge in [0, 0.05) is 17.5 Å². The molecule has 6 heteroatoms. The number of methoxy groups -OCH3 is 1. The largest absolute Gasteiger partial charge is 0.497 e. The minimum atomic E-state index is -0.560. The van der Waals surface area contributed by atoms with Crippen molar-refractivity contribution in [2.24, 2.45) is 0 Å². The van der Waals surface area contributed by atoms with Crippen molar-refractivity contribution in [3.63, 3.8) is 0 Å². The number of para-hydroxylation sites is 1. The molecule has 1 atom stereocenters. The molecular weight excluding hydrogens is 354 g/mol. The molecule has 28 heavy (non-hydrogen) atoms. The predicted octanol–water partition coefficient (Wildman–Crippen LogP) is 3.81. The Morgan fingerprint density at radius 1 is 1.14 bits per heavy atom. The van der Waals surface area contributed by atoms with Crippen molar-refractivity contribution >= 4 is 17.5 Å². The number of aryl methyl sites for hydroxylation is 2. The minimum Gasteiger partial charge on any atom is -0.497 e. The number of hydrogen-bond acceptors (Lipinski definition) is 4. The number of fused-ring (bicyclic) bond motifs is 1. The number of nitrogens with zero attached hydrogens (tertiary/aromatic N) is 2. The second-order valence-corrected chi connectivity index (χ2v) is 6.94. The van der Waals surface area contributed by atoms with E-state index in [1.165, 1.54) is 0 Å². The third-order valence-electron chi connectivity index (χ3n) is 5.14. The van der Waals surface area contributed by atoms with Crippen molar-refractivity contribution < 1.29 is 14.3 Å². The van der Waals surface area contributed by atoms with Crippen LogP contribution in [0, 0.1) is 13.8 Å². The van der Waals surface area contributed by atoms with Gasteiger partial charge in [0.15, 0.2) is 5.78 Å². The number of carbonyl (C=O) groups excluding carboxylic acids is 2. The number of rotatable bonds is 4. The van der Waals surface area contributed by atoms with E-state index in [9.17, 15) is 9.59 Å². The Hall–Kier alpha value is -3.41. The summed E-state index contributed by atoms with van der Waals surface area (Å²) in [5, 5.41) is 7.56. The average molecular weight is 375 g/mol. The zero-order valence-corrected chi connectivity index (χ0v) is 16.0. The van der Waals surface area contributed by atoms with E-state index in [-0.39, 0.29) is 18.1 Å². The van der Waals surface area contributed by atoms with Crippen LogP contribution >= 0.6 is 0 Å². The van der Waals surface area contributed by atoms with Gasteiger partial charge in [-0.3, -0.25) is 9.59 Å². The lowest BCUT2D eigenvalue weighted by atomic mass is 9.85. The molecule has 1 aromatic heterocycles. The summed E-state index contributed by atoms with van der Waals surface area (Å²) in [6, 6.07) is 14.8. The van der Waals surface area contributed by atoms with E-state index in [1.807, 2.05) is 38.1 Å². The standard InChI is InChI=1S/C22H21N3O3/c1-13-6-4-5-7-18(13)25-22-20(14(2)24-25)17(12-19(26)23-22)21(27)15-8-10-16(28-3)11-9-15/h4-11,17H,12H2,1-3H3,(H,23,26). The SMILES string of the molecule is COc1ccc(C(=O)C2CC(=O)Nc3c2c(C)nn3-c2ccccc2C)cc1. The maximum absolute atomic E-state index is 13.2. The predicted molar refractivity (Wildman–Crippen MR) is 106 cm³/mol. The molecule has 3 aromatic rings. The first kappa shape index (κ1) is 18.0. The number of carbonyl (C=O) groups is 2. The highest BCUT2D eigenvalue weighted by Crippen LogP contribution is 2.38. The van der Waals surface area contributed by atoms with Gasteiger partial charge in [-0.25, -0.2) is 4.68 Å². The zero-order chi connectivity index (χ0) is 19.8. The summed E-state index contributed by atoms with van der Waals surface area (Å²) in [6.45, 7) is 3.86. The normalized spacial score (nSPS) is 15.7. The fourth-order valence-electron chi connectivity index (χ4n) is 3.70. The minimum absolute atomic E-state index is 0.0915. The highest BCUT2D eigenvalue weighted by Gasteiger charge is 2.36. The Kier molecular flexibility index (Phi) is 4.47. The van der Waals surface area contributed by atoms with E-state index >= 15 is 0 Å². The number of benzene rings is 2. The van der Waals surface area contributed by atoms with Crippen LogP contribution in [0.1, 0.15) is 39.5 Å². The van der Waals surface area contributed by atoms with Crippen molar-refractivity contribution in [2.75, 3.05) is 12.4 Å². The number of amides is 1. The Morgan fingerprint density at radius 3 is 2.54 bits per heavy atom. The fraction of sp³-hybridized carbons (Fsp3) is 0.227. The fourth-order valence-corrected chi connectivity index (χ4v) is 3.70. The van der Waals surface area contributed by atoms with Gasteiger partial charge in [-0.15, -0.1) is 0 Å². The maximum atomic E-state index is 13.2. The number of aromatic nitrogens is 2. The van der Waals surface area contributed by atoms with Crippen molar-refractivity contribution in [1.82, 2.24) is 9.78 Å². The molecule has 4 rings (SSSR count). The number of nitrogens with one attached hydrogen (secondary N) is 1. The molecule has 0 spiro atoms. The van der Waals surface area contributed by atoms with Crippen LogP contribution in [0.15, 0.2) is 48.5 Å². The lowest BCUT2D eigenvalue weighted by molar-refractivity contribution is -0.116. The molecular formula is C22H21N3O3. The molecule has 0 aliphatic carbocycles. The third-order valence-corrected chi connectivity index (χ3v) is 5.14. The van der Waals surface area contributed by atoms with Crippen LogP contribution in [0.5, 0.6) is 5.75 Å². The Morgan fingerprint density at radius 2 is 1.86 bits per heavy atom. The summed E-state index contributed by atoms with van der Waals surface area (Å²) >= 11 is 0. The van der Waals surface area contributed by atoms with Crippen LogP contribution in [0.25, 0.3) is 5.69 Å². The topological polar surface area (TPSA) is 73.2 Å². The van der Waals surface area contributed by atoms with E-state index in [1.54, 1.807) is 36.1 Å². The van der Waals surface area contributed by atoms with Crippen molar-refractivity contribution in [1.29, 1.82) is 0 Å². The highest BCUT2D eigenvalue weighted by molar-refractivity contribution is 6.08. The average Bonchev–Trinajstić information content (AvgIpc) is 3.03. The van der Waals surface area contributed by atoms with Crippen LogP contribution in [0.3, 0.4) is 0 Å². The third kappa shape index (κ3) is 2.97. The second-order valence-electron chi connectivity index (χ2n) is 6.94. The lowest BCUT2D eigenvalue weighted by Gasteiger charge is -2.23. The van der Waals surface area contributed by atoms with Gasteiger partial charge in [0.05, 0.1) is 24.4 Å². The molecule has 0 fully saturated rings. The van der Waals surface area contributed by atoms with Crippen LogP contribution in [0.2, 0.25) is 0 Å². The van der Waals surface area contributed by atoms with E-state index in [4.69, 9.17) is 4.74 Å². The van der Waals surface area contributed by atoms with E-state index < -0.39 is 5.92 Å². The van der Waals surface area contributed by atoms with Crippen molar-refractivity contribution in [2.45, 2.75) is 26.2 Å². The molecule has 1 aliphatic rings. The van der Waals surface area contributed by atoms with E-state index in [2.05, 4.69) is 10.4 Å². The lowest BCUT2D eigenvalue weighted by Crippen LogP contribution is -2.28. The first-order chi connectivity index (χ1) is 13.5. The molecule has 0 saturated heterocycles. The molecule has 1 aliphatic heterocycles. The number of ether oxygens (including phenoxy) is 1. The molecule has 0 saturated carbocycles. The summed E-state index contributed by atoms with van der Waals surface area (Å²) in [5.74, 6) is 0.423. The van der Waals surface area contributed by atoms with Crippen LogP contribution in [-0.4, -0.2) is 28.6 Å². The number of Topliss-reactive ketones (excluding diaryl/α,β-unsaturated/α-hetero) is 1. The van der Waals surface area contributed by atoms with Gasteiger partial charge in [0.25, 0.3) is 0 Å². The molecule has 2 heterocycles. The molecule has 142 valence electrons. The monoisotopic (exact) mass is 375 g/mol. The summed E-state index contributed by atoms with van der Waals surface area (Å²) < 4.78 is 6.89. The Labute approximate surface area is 163 Å². The van der Waals surface area contributed by atoms with Gasteiger partial charge in [-0.2, -0.15) is 5.10 Å². The molecule has 1 N–H and O–H groups in total. The first-order valence-corrected chi connectivity index (χ1v) is 9.13. The molecule has 6 nitrogen and oxygen atoms in total. The number of anilines is 1. The zero-order valence-electron chi connectivity index (χ0n) is 16.0. The van der Waals surface area contributed by atoms with Crippen molar-refractivity contribution in [3.05, 3.63) is 70.9 Å². The smallest absolute Gasteiger partial charge is 0.226 e. The number of ketones is 1. The summed E-state index contributed by atoms with van der Waals surface area (Å²) in [5.41, 5.74) is 3.98. The van der Waals surface area contributed by atoms with E-state index in [0.29, 0.717) is 17.1 Å². The molecule has 1 unspecified atom stereocenters. The first-order valence-electron chi connectivity index (χ1n) is 9.13. The van der Waals surface area contributed by atoms with Gasteiger partial charge in [0.2, 0.25) is 5.91 Å². The van der Waals surface area contributed by atoms with Gasteiger partial charge >= 0.3 is 0 Å². The summed E-state index contributed by atoms with van der Waals surface area (Å²) in [7, 11) is 1.58. The molecule has 1 amide bonds.